The van der Waals surface area contributed by atoms with Gasteiger partial charge in [0.25, 0.3) is 0 Å². The number of fused-ring (bicyclic) bond motifs is 1. The maximum Gasteiger partial charge on any atom is 0.226 e. The molecule has 0 saturated carbocycles. The van der Waals surface area contributed by atoms with E-state index < -0.39 is 0 Å². The molecular formula is C14H18BrNO2. The summed E-state index contributed by atoms with van der Waals surface area (Å²) in [4.78, 5) is 14.1. The lowest BCUT2D eigenvalue weighted by atomic mass is 10.2. The molecule has 0 bridgehead atoms. The Bertz CT molecular complexity index is 434. The number of hydrogen-bond acceptors (Lipinski definition) is 2. The van der Waals surface area contributed by atoms with Crippen LogP contribution in [0.4, 0.5) is 5.69 Å². The second-order valence-electron chi connectivity index (χ2n) is 4.48. The molecule has 4 heteroatoms. The van der Waals surface area contributed by atoms with Crippen LogP contribution in [0, 0.1) is 0 Å². The smallest absolute Gasteiger partial charge is 0.226 e. The second-order valence-corrected chi connectivity index (χ2v) is 5.34. The summed E-state index contributed by atoms with van der Waals surface area (Å²) < 4.78 is 6.10. The highest BCUT2D eigenvalue weighted by Crippen LogP contribution is 2.33. The molecule has 0 saturated heterocycles. The summed E-state index contributed by atoms with van der Waals surface area (Å²) in [5.74, 6) is 0.225. The molecule has 0 N–H and O–H groups in total. The van der Waals surface area contributed by atoms with Crippen LogP contribution in [0.15, 0.2) is 22.7 Å². The molecule has 0 atom stereocenters. The first kappa shape index (κ1) is 13.6. The standard InChI is InChI=1S/C14H18BrNO2/c1-18-10-3-2-7-14(17)16-9-8-11-12(15)5-4-6-13(11)16/h4-6H,2-3,7-10H2,1H3. The predicted octanol–water partition coefficient (Wildman–Crippen LogP) is 3.15. The third-order valence-corrected chi connectivity index (χ3v) is 4.00. The molecule has 98 valence electrons. The van der Waals surface area contributed by atoms with Gasteiger partial charge in [-0.15, -0.1) is 0 Å². The monoisotopic (exact) mass is 311 g/mol. The fraction of sp³-hybridized carbons (Fsp3) is 0.500. The van der Waals surface area contributed by atoms with Crippen LogP contribution in [-0.2, 0) is 16.0 Å². The molecule has 0 spiro atoms. The maximum absolute atomic E-state index is 12.2. The van der Waals surface area contributed by atoms with Crippen molar-refractivity contribution in [1.29, 1.82) is 0 Å². The van der Waals surface area contributed by atoms with E-state index in [2.05, 4.69) is 15.9 Å². The van der Waals surface area contributed by atoms with Crippen LogP contribution in [-0.4, -0.2) is 26.2 Å². The van der Waals surface area contributed by atoms with Gasteiger partial charge >= 0.3 is 0 Å². The van der Waals surface area contributed by atoms with Gasteiger partial charge in [0.2, 0.25) is 5.91 Å². The van der Waals surface area contributed by atoms with Gasteiger partial charge in [-0.25, -0.2) is 0 Å². The van der Waals surface area contributed by atoms with Crippen molar-refractivity contribution in [1.82, 2.24) is 0 Å². The van der Waals surface area contributed by atoms with E-state index in [9.17, 15) is 4.79 Å². The summed E-state index contributed by atoms with van der Waals surface area (Å²) >= 11 is 3.54. The molecule has 0 unspecified atom stereocenters. The normalized spacial score (nSPS) is 13.8. The molecule has 1 amide bonds. The highest BCUT2D eigenvalue weighted by atomic mass is 79.9. The van der Waals surface area contributed by atoms with E-state index in [-0.39, 0.29) is 5.91 Å². The van der Waals surface area contributed by atoms with E-state index >= 15 is 0 Å². The number of benzene rings is 1. The van der Waals surface area contributed by atoms with Crippen molar-refractivity contribution >= 4 is 27.5 Å². The lowest BCUT2D eigenvalue weighted by molar-refractivity contribution is -0.118. The number of amides is 1. The van der Waals surface area contributed by atoms with E-state index in [1.54, 1.807) is 7.11 Å². The number of carbonyl (C=O) groups is 1. The number of hydrogen-bond donors (Lipinski definition) is 0. The molecule has 0 aliphatic carbocycles. The quantitative estimate of drug-likeness (QED) is 0.782. The van der Waals surface area contributed by atoms with Gasteiger partial charge in [-0.3, -0.25) is 4.79 Å². The van der Waals surface area contributed by atoms with Crippen molar-refractivity contribution < 1.29 is 9.53 Å². The molecule has 1 aliphatic heterocycles. The molecule has 0 aromatic heterocycles. The average Bonchev–Trinajstić information content (AvgIpc) is 2.80. The minimum absolute atomic E-state index is 0.225. The summed E-state index contributed by atoms with van der Waals surface area (Å²) in [6, 6.07) is 6.05. The highest BCUT2D eigenvalue weighted by Gasteiger charge is 2.25. The van der Waals surface area contributed by atoms with Gasteiger partial charge in [-0.05, 0) is 37.0 Å². The topological polar surface area (TPSA) is 29.5 Å². The van der Waals surface area contributed by atoms with Crippen molar-refractivity contribution in [3.05, 3.63) is 28.2 Å². The Balaban J connectivity index is 1.96. The average molecular weight is 312 g/mol. The van der Waals surface area contributed by atoms with Crippen molar-refractivity contribution in [2.75, 3.05) is 25.2 Å². The number of anilines is 1. The first-order valence-corrected chi connectivity index (χ1v) is 7.10. The lowest BCUT2D eigenvalue weighted by Crippen LogP contribution is -2.28. The maximum atomic E-state index is 12.2. The molecular weight excluding hydrogens is 294 g/mol. The van der Waals surface area contributed by atoms with Gasteiger partial charge in [0.05, 0.1) is 0 Å². The van der Waals surface area contributed by atoms with Crippen molar-refractivity contribution in [2.45, 2.75) is 25.7 Å². The Morgan fingerprint density at radius 2 is 2.28 bits per heavy atom. The summed E-state index contributed by atoms with van der Waals surface area (Å²) in [7, 11) is 1.69. The fourth-order valence-corrected chi connectivity index (χ4v) is 2.86. The summed E-state index contributed by atoms with van der Waals surface area (Å²) in [5.41, 5.74) is 2.32. The Morgan fingerprint density at radius 1 is 1.44 bits per heavy atom. The van der Waals surface area contributed by atoms with Crippen molar-refractivity contribution in [3.8, 4) is 0 Å². The van der Waals surface area contributed by atoms with Gasteiger partial charge < -0.3 is 9.64 Å². The first-order chi connectivity index (χ1) is 8.74. The Labute approximate surface area is 116 Å². The number of ether oxygens (including phenoxy) is 1. The van der Waals surface area contributed by atoms with Crippen LogP contribution >= 0.6 is 15.9 Å². The number of halogens is 1. The number of methoxy groups -OCH3 is 1. The summed E-state index contributed by atoms with van der Waals surface area (Å²) in [6.07, 6.45) is 3.39. The third kappa shape index (κ3) is 2.93. The lowest BCUT2D eigenvalue weighted by Gasteiger charge is -2.17. The molecule has 0 radical (unpaired) electrons. The summed E-state index contributed by atoms with van der Waals surface area (Å²) in [5, 5.41) is 0. The second kappa shape index (κ2) is 6.34. The van der Waals surface area contributed by atoms with Crippen LogP contribution in [0.3, 0.4) is 0 Å². The van der Waals surface area contributed by atoms with Crippen LogP contribution in [0.2, 0.25) is 0 Å². The molecule has 3 nitrogen and oxygen atoms in total. The molecule has 1 aromatic rings. The Hall–Kier alpha value is -0.870. The number of carbonyl (C=O) groups excluding carboxylic acids is 1. The Kier molecular flexibility index (Phi) is 4.78. The minimum atomic E-state index is 0.225. The van der Waals surface area contributed by atoms with E-state index in [4.69, 9.17) is 4.74 Å². The van der Waals surface area contributed by atoms with Crippen LogP contribution in [0.25, 0.3) is 0 Å². The number of nitrogens with zero attached hydrogens (tertiary/aromatic N) is 1. The van der Waals surface area contributed by atoms with Crippen LogP contribution in [0.1, 0.15) is 24.8 Å². The predicted molar refractivity (Wildman–Crippen MR) is 75.9 cm³/mol. The van der Waals surface area contributed by atoms with Gasteiger partial charge in [-0.2, -0.15) is 0 Å². The molecule has 1 aliphatic rings. The fourth-order valence-electron chi connectivity index (χ4n) is 2.31. The zero-order valence-corrected chi connectivity index (χ0v) is 12.2. The Morgan fingerprint density at radius 3 is 3.06 bits per heavy atom. The molecule has 1 aromatic carbocycles. The van der Waals surface area contributed by atoms with E-state index in [0.29, 0.717) is 6.42 Å². The van der Waals surface area contributed by atoms with Gasteiger partial charge in [0.1, 0.15) is 0 Å². The third-order valence-electron chi connectivity index (χ3n) is 3.26. The largest absolute Gasteiger partial charge is 0.385 e. The van der Waals surface area contributed by atoms with E-state index in [0.717, 1.165) is 42.6 Å². The van der Waals surface area contributed by atoms with Crippen LogP contribution in [0.5, 0.6) is 0 Å². The van der Waals surface area contributed by atoms with E-state index in [1.807, 2.05) is 23.1 Å². The van der Waals surface area contributed by atoms with Crippen molar-refractivity contribution in [2.24, 2.45) is 0 Å². The van der Waals surface area contributed by atoms with E-state index in [1.165, 1.54) is 5.56 Å². The highest BCUT2D eigenvalue weighted by molar-refractivity contribution is 9.10. The van der Waals surface area contributed by atoms with Crippen molar-refractivity contribution in [3.63, 3.8) is 0 Å². The zero-order chi connectivity index (χ0) is 13.0. The molecule has 18 heavy (non-hydrogen) atoms. The molecule has 2 rings (SSSR count). The first-order valence-electron chi connectivity index (χ1n) is 6.30. The SMILES string of the molecule is COCCCCC(=O)N1CCc2c(Br)cccc21. The van der Waals surface area contributed by atoms with Gasteiger partial charge in [-0.1, -0.05) is 22.0 Å². The van der Waals surface area contributed by atoms with Crippen LogP contribution < -0.4 is 4.90 Å². The molecule has 0 fully saturated rings. The van der Waals surface area contributed by atoms with Gasteiger partial charge in [0.15, 0.2) is 0 Å². The summed E-state index contributed by atoms with van der Waals surface area (Å²) in [6.45, 7) is 1.54. The van der Waals surface area contributed by atoms with Gasteiger partial charge in [0, 0.05) is 36.8 Å². The zero-order valence-electron chi connectivity index (χ0n) is 10.6. The minimum Gasteiger partial charge on any atom is -0.385 e. The molecule has 1 heterocycles. The number of unbranched alkanes of at least 4 members (excludes halogenated alkanes) is 1. The number of rotatable bonds is 5.